The zero-order chi connectivity index (χ0) is 23.2. The summed E-state index contributed by atoms with van der Waals surface area (Å²) in [5.41, 5.74) is -0.107. The second-order valence-electron chi connectivity index (χ2n) is 9.21. The van der Waals surface area contributed by atoms with Gasteiger partial charge in [0.25, 0.3) is 5.69 Å². The summed E-state index contributed by atoms with van der Waals surface area (Å²) in [7, 11) is 1.38. The van der Waals surface area contributed by atoms with Crippen LogP contribution in [0.4, 0.5) is 10.5 Å². The van der Waals surface area contributed by atoms with E-state index >= 15 is 0 Å². The Morgan fingerprint density at radius 2 is 1.94 bits per heavy atom. The number of nitrogens with zero attached hydrogens (tertiary/aromatic N) is 1. The summed E-state index contributed by atoms with van der Waals surface area (Å²) in [5.74, 6) is -2.26. The predicted octanol–water partition coefficient (Wildman–Crippen LogP) is 3.64. The molecule has 2 bridgehead atoms. The second-order valence-corrected chi connectivity index (χ2v) is 9.21. The summed E-state index contributed by atoms with van der Waals surface area (Å²) < 4.78 is 22.0. The van der Waals surface area contributed by atoms with Gasteiger partial charge in [-0.15, -0.1) is 0 Å². The molecule has 0 radical (unpaired) electrons. The first kappa shape index (κ1) is 22.1. The Hall–Kier alpha value is -2.76. The lowest BCUT2D eigenvalue weighted by molar-refractivity contribution is -0.384. The van der Waals surface area contributed by atoms with Crippen molar-refractivity contribution in [2.45, 2.75) is 62.6 Å². The quantitative estimate of drug-likeness (QED) is 0.214. The molecule has 0 aromatic heterocycles. The van der Waals surface area contributed by atoms with Crippen molar-refractivity contribution in [3.05, 3.63) is 34.4 Å². The van der Waals surface area contributed by atoms with Crippen molar-refractivity contribution >= 4 is 17.8 Å². The molecule has 1 aliphatic heterocycles. The molecule has 2 unspecified atom stereocenters. The van der Waals surface area contributed by atoms with Gasteiger partial charge in [-0.3, -0.25) is 14.9 Å². The average Bonchev–Trinajstić information content (AvgIpc) is 3.46. The number of hydrogen-bond donors (Lipinski definition) is 0. The van der Waals surface area contributed by atoms with E-state index in [1.54, 1.807) is 0 Å². The van der Waals surface area contributed by atoms with Gasteiger partial charge in [0, 0.05) is 37.3 Å². The standard InChI is InChI=1S/C22H25NO10/c1-28-19(24)17-9-13-10-18(17)22(11-13)31-21(32-33-22)8-2-3-16(12-21)30-20(25)29-15-6-4-14(5-7-15)23(26)27/h4-7,13,16-18H,2-3,8-12H2,1H3/t13-,16?,17-,18-,21?,22+/m1/s1. The Bertz CT molecular complexity index is 951. The molecule has 4 aliphatic rings. The zero-order valence-corrected chi connectivity index (χ0v) is 18.1. The first-order valence-electron chi connectivity index (χ1n) is 11.1. The lowest BCUT2D eigenvalue weighted by Gasteiger charge is -2.37. The van der Waals surface area contributed by atoms with Gasteiger partial charge < -0.3 is 18.9 Å². The van der Waals surface area contributed by atoms with Gasteiger partial charge in [0.2, 0.25) is 11.6 Å². The third-order valence-corrected chi connectivity index (χ3v) is 7.13. The van der Waals surface area contributed by atoms with Gasteiger partial charge in [-0.2, -0.15) is 9.78 Å². The Labute approximate surface area is 189 Å². The Morgan fingerprint density at radius 1 is 1.15 bits per heavy atom. The van der Waals surface area contributed by atoms with Crippen LogP contribution in [0.1, 0.15) is 44.9 Å². The Balaban J connectivity index is 1.20. The maximum absolute atomic E-state index is 12.3. The van der Waals surface area contributed by atoms with Crippen LogP contribution in [0.5, 0.6) is 5.75 Å². The molecule has 4 fully saturated rings. The van der Waals surface area contributed by atoms with E-state index in [2.05, 4.69) is 0 Å². The monoisotopic (exact) mass is 463 g/mol. The van der Waals surface area contributed by atoms with E-state index in [0.29, 0.717) is 31.6 Å². The molecule has 0 N–H and O–H groups in total. The van der Waals surface area contributed by atoms with Crippen molar-refractivity contribution < 1.29 is 43.2 Å². The predicted molar refractivity (Wildman–Crippen MR) is 108 cm³/mol. The molecule has 2 spiro atoms. The highest BCUT2D eigenvalue weighted by Gasteiger charge is 2.67. The lowest BCUT2D eigenvalue weighted by atomic mass is 9.83. The summed E-state index contributed by atoms with van der Waals surface area (Å²) in [4.78, 5) is 46.2. The van der Waals surface area contributed by atoms with Crippen LogP contribution >= 0.6 is 0 Å². The molecule has 3 aliphatic carbocycles. The third-order valence-electron chi connectivity index (χ3n) is 7.13. The molecule has 5 rings (SSSR count). The van der Waals surface area contributed by atoms with Crippen LogP contribution in [0.3, 0.4) is 0 Å². The molecule has 1 aromatic rings. The van der Waals surface area contributed by atoms with Gasteiger partial charge in [0.15, 0.2) is 0 Å². The van der Waals surface area contributed by atoms with Crippen LogP contribution in [0.15, 0.2) is 24.3 Å². The number of nitro groups is 1. The number of non-ortho nitro benzene ring substituents is 1. The molecular formula is C22H25NO10. The van der Waals surface area contributed by atoms with Gasteiger partial charge in [-0.25, -0.2) is 4.79 Å². The molecule has 11 nitrogen and oxygen atoms in total. The Morgan fingerprint density at radius 3 is 2.64 bits per heavy atom. The van der Waals surface area contributed by atoms with Crippen LogP contribution in [0.25, 0.3) is 0 Å². The first-order valence-corrected chi connectivity index (χ1v) is 11.1. The molecule has 1 heterocycles. The van der Waals surface area contributed by atoms with Gasteiger partial charge in [0.05, 0.1) is 18.0 Å². The van der Waals surface area contributed by atoms with Gasteiger partial charge >= 0.3 is 12.1 Å². The normalized spacial score (nSPS) is 36.8. The van der Waals surface area contributed by atoms with Crippen molar-refractivity contribution in [2.75, 3.05) is 7.11 Å². The summed E-state index contributed by atoms with van der Waals surface area (Å²) in [6.45, 7) is 0. The fourth-order valence-electron chi connectivity index (χ4n) is 5.78. The SMILES string of the molecule is COC(=O)[C@@H]1C[C@@H]2C[C@H]1[C@]1(C2)OOC2(CCCC(OC(=O)Oc3ccc([N+](=O)[O-])cc3)C2)O1. The molecule has 1 aromatic carbocycles. The maximum atomic E-state index is 12.3. The molecule has 178 valence electrons. The number of hydrogen-bond acceptors (Lipinski definition) is 10. The van der Waals surface area contributed by atoms with Crippen LogP contribution in [-0.4, -0.2) is 41.8 Å². The number of carbonyl (C=O) groups excluding carboxylic acids is 2. The fourth-order valence-corrected chi connectivity index (χ4v) is 5.78. The van der Waals surface area contributed by atoms with Gasteiger partial charge in [-0.1, -0.05) is 0 Å². The number of rotatable bonds is 4. The second kappa shape index (κ2) is 8.23. The first-order chi connectivity index (χ1) is 15.8. The Kier molecular flexibility index (Phi) is 5.50. The van der Waals surface area contributed by atoms with Gasteiger partial charge in [0.1, 0.15) is 11.9 Å². The minimum atomic E-state index is -1.05. The average molecular weight is 463 g/mol. The van der Waals surface area contributed by atoms with E-state index < -0.39 is 28.8 Å². The van der Waals surface area contributed by atoms with E-state index in [0.717, 1.165) is 12.8 Å². The highest BCUT2D eigenvalue weighted by Crippen LogP contribution is 2.61. The summed E-state index contributed by atoms with van der Waals surface area (Å²) >= 11 is 0. The van der Waals surface area contributed by atoms with E-state index in [9.17, 15) is 19.7 Å². The van der Waals surface area contributed by atoms with Crippen molar-refractivity contribution in [3.63, 3.8) is 0 Å². The molecular weight excluding hydrogens is 438 g/mol. The number of carbonyl (C=O) groups is 2. The van der Waals surface area contributed by atoms with E-state index in [1.165, 1.54) is 31.4 Å². The van der Waals surface area contributed by atoms with Crippen molar-refractivity contribution in [1.29, 1.82) is 0 Å². The summed E-state index contributed by atoms with van der Waals surface area (Å²) in [6.07, 6.45) is 2.94. The lowest BCUT2D eigenvalue weighted by Crippen LogP contribution is -2.47. The highest BCUT2D eigenvalue weighted by molar-refractivity contribution is 5.73. The van der Waals surface area contributed by atoms with E-state index in [4.69, 9.17) is 28.7 Å². The molecule has 33 heavy (non-hydrogen) atoms. The number of esters is 1. The minimum Gasteiger partial charge on any atom is -0.469 e. The third kappa shape index (κ3) is 4.04. The minimum absolute atomic E-state index is 0.107. The van der Waals surface area contributed by atoms with E-state index in [1.807, 2.05) is 0 Å². The number of methoxy groups -OCH3 is 1. The van der Waals surface area contributed by atoms with E-state index in [-0.39, 0.29) is 35.7 Å². The number of ether oxygens (including phenoxy) is 4. The molecule has 1 saturated heterocycles. The summed E-state index contributed by atoms with van der Waals surface area (Å²) in [6, 6.07) is 5.14. The highest BCUT2D eigenvalue weighted by atomic mass is 17.3. The van der Waals surface area contributed by atoms with Crippen LogP contribution < -0.4 is 4.74 Å². The fraction of sp³-hybridized carbons (Fsp3) is 0.636. The zero-order valence-electron chi connectivity index (χ0n) is 18.1. The van der Waals surface area contributed by atoms with Crippen molar-refractivity contribution in [1.82, 2.24) is 0 Å². The number of nitro benzene ring substituents is 1. The van der Waals surface area contributed by atoms with Crippen LogP contribution in [-0.2, 0) is 28.8 Å². The smallest absolute Gasteiger partial charge is 0.469 e. The number of benzene rings is 1. The van der Waals surface area contributed by atoms with Crippen LogP contribution in [0.2, 0.25) is 0 Å². The van der Waals surface area contributed by atoms with Crippen molar-refractivity contribution in [2.24, 2.45) is 17.8 Å². The molecule has 11 heteroatoms. The largest absolute Gasteiger partial charge is 0.514 e. The molecule has 3 saturated carbocycles. The molecule has 6 atom stereocenters. The van der Waals surface area contributed by atoms with Crippen molar-refractivity contribution in [3.8, 4) is 5.75 Å². The topological polar surface area (TPSA) is 133 Å². The number of fused-ring (bicyclic) bond motifs is 3. The molecule has 0 amide bonds. The van der Waals surface area contributed by atoms with Gasteiger partial charge in [-0.05, 0) is 43.7 Å². The van der Waals surface area contributed by atoms with Crippen LogP contribution in [0, 0.1) is 27.9 Å². The maximum Gasteiger partial charge on any atom is 0.514 e. The summed E-state index contributed by atoms with van der Waals surface area (Å²) in [5, 5.41) is 10.7.